The second kappa shape index (κ2) is 5.30. The number of hydrogen-bond acceptors (Lipinski definition) is 2. The first kappa shape index (κ1) is 12.7. The lowest BCUT2D eigenvalue weighted by atomic mass is 10.1. The van der Waals surface area contributed by atoms with E-state index in [1.807, 2.05) is 12.1 Å². The predicted octanol–water partition coefficient (Wildman–Crippen LogP) is 4.39. The summed E-state index contributed by atoms with van der Waals surface area (Å²) in [4.78, 5) is 9.36. The summed E-state index contributed by atoms with van der Waals surface area (Å²) in [5.74, 6) is 0.886. The summed E-state index contributed by atoms with van der Waals surface area (Å²) in [6, 6.07) is 12.3. The summed E-state index contributed by atoms with van der Waals surface area (Å²) in [7, 11) is 0. The van der Waals surface area contributed by atoms with Gasteiger partial charge in [-0.2, -0.15) is 0 Å². The van der Waals surface area contributed by atoms with Crippen molar-refractivity contribution >= 4 is 0 Å². The van der Waals surface area contributed by atoms with Gasteiger partial charge in [0.25, 0.3) is 0 Å². The first-order valence-corrected chi connectivity index (χ1v) is 6.52. The van der Waals surface area contributed by atoms with Gasteiger partial charge in [-0.1, -0.05) is 39.8 Å². The summed E-state index contributed by atoms with van der Waals surface area (Å²) < 4.78 is 0. The molecule has 94 valence electrons. The van der Waals surface area contributed by atoms with Gasteiger partial charge in [0, 0.05) is 11.4 Å². The summed E-state index contributed by atoms with van der Waals surface area (Å²) in [6.07, 6.45) is 0. The van der Waals surface area contributed by atoms with Crippen LogP contribution in [-0.4, -0.2) is 9.97 Å². The Morgan fingerprint density at radius 1 is 0.667 bits per heavy atom. The Morgan fingerprint density at radius 3 is 1.39 bits per heavy atom. The number of aromatic nitrogens is 2. The van der Waals surface area contributed by atoms with Gasteiger partial charge in [-0.25, -0.2) is 0 Å². The quantitative estimate of drug-likeness (QED) is 0.795. The van der Waals surface area contributed by atoms with E-state index in [9.17, 15) is 0 Å². The van der Waals surface area contributed by atoms with Gasteiger partial charge < -0.3 is 0 Å². The Hall–Kier alpha value is -1.70. The summed E-state index contributed by atoms with van der Waals surface area (Å²) in [6.45, 7) is 8.63. The van der Waals surface area contributed by atoms with E-state index >= 15 is 0 Å². The second-order valence-electron chi connectivity index (χ2n) is 5.20. The first-order chi connectivity index (χ1) is 8.58. The van der Waals surface area contributed by atoms with Gasteiger partial charge in [-0.15, -0.1) is 0 Å². The van der Waals surface area contributed by atoms with Crippen LogP contribution >= 0.6 is 0 Å². The zero-order chi connectivity index (χ0) is 13.1. The molecule has 2 aromatic heterocycles. The number of hydrogen-bond donors (Lipinski definition) is 0. The van der Waals surface area contributed by atoms with E-state index in [4.69, 9.17) is 0 Å². The minimum absolute atomic E-state index is 0.443. The highest BCUT2D eigenvalue weighted by Crippen LogP contribution is 2.20. The van der Waals surface area contributed by atoms with E-state index in [0.717, 1.165) is 22.8 Å². The highest BCUT2D eigenvalue weighted by molar-refractivity contribution is 5.54. The molecular weight excluding hydrogens is 220 g/mol. The molecular formula is C16H20N2. The third kappa shape index (κ3) is 2.76. The molecule has 0 aromatic carbocycles. The number of rotatable bonds is 3. The molecule has 0 spiro atoms. The second-order valence-corrected chi connectivity index (χ2v) is 5.20. The van der Waals surface area contributed by atoms with Crippen molar-refractivity contribution in [2.24, 2.45) is 0 Å². The third-order valence-electron chi connectivity index (χ3n) is 2.99. The molecule has 0 radical (unpaired) electrons. The molecule has 0 N–H and O–H groups in total. The monoisotopic (exact) mass is 240 g/mol. The Bertz CT molecular complexity index is 481. The number of pyridine rings is 2. The molecule has 0 aliphatic heterocycles. The molecule has 0 amide bonds. The minimum Gasteiger partial charge on any atom is -0.251 e. The Kier molecular flexibility index (Phi) is 3.75. The van der Waals surface area contributed by atoms with Gasteiger partial charge in [0.1, 0.15) is 0 Å². The summed E-state index contributed by atoms with van der Waals surface area (Å²) >= 11 is 0. The average molecular weight is 240 g/mol. The van der Waals surface area contributed by atoms with Crippen LogP contribution in [0.25, 0.3) is 11.4 Å². The molecule has 2 nitrogen and oxygen atoms in total. The fraction of sp³-hybridized carbons (Fsp3) is 0.375. The maximum absolute atomic E-state index is 4.68. The van der Waals surface area contributed by atoms with Gasteiger partial charge in [0.2, 0.25) is 0 Å². The largest absolute Gasteiger partial charge is 0.251 e. The van der Waals surface area contributed by atoms with E-state index in [1.54, 1.807) is 0 Å². The van der Waals surface area contributed by atoms with Gasteiger partial charge >= 0.3 is 0 Å². The maximum Gasteiger partial charge on any atom is 0.0889 e. The molecule has 2 heterocycles. The molecule has 0 bridgehead atoms. The van der Waals surface area contributed by atoms with Crippen LogP contribution in [0, 0.1) is 0 Å². The highest BCUT2D eigenvalue weighted by Gasteiger charge is 2.07. The van der Waals surface area contributed by atoms with Crippen LogP contribution < -0.4 is 0 Å². The fourth-order valence-electron chi connectivity index (χ4n) is 1.83. The van der Waals surface area contributed by atoms with E-state index < -0.39 is 0 Å². The molecule has 2 heteroatoms. The summed E-state index contributed by atoms with van der Waals surface area (Å²) in [5, 5.41) is 0. The van der Waals surface area contributed by atoms with Gasteiger partial charge in [0.15, 0.2) is 0 Å². The van der Waals surface area contributed by atoms with Crippen LogP contribution in [0.15, 0.2) is 36.4 Å². The standard InChI is InChI=1S/C16H20N2/c1-11(2)13-7-5-9-15(17-13)16-10-6-8-14(18-16)12(3)4/h5-12H,1-4H3. The van der Waals surface area contributed by atoms with Crippen LogP contribution in [0.5, 0.6) is 0 Å². The molecule has 0 aliphatic carbocycles. The van der Waals surface area contributed by atoms with E-state index in [1.165, 1.54) is 0 Å². The maximum atomic E-state index is 4.68. The fourth-order valence-corrected chi connectivity index (χ4v) is 1.83. The van der Waals surface area contributed by atoms with Gasteiger partial charge in [-0.3, -0.25) is 9.97 Å². The lowest BCUT2D eigenvalue weighted by Crippen LogP contribution is -1.98. The van der Waals surface area contributed by atoms with Crippen molar-refractivity contribution in [3.05, 3.63) is 47.8 Å². The smallest absolute Gasteiger partial charge is 0.0889 e. The van der Waals surface area contributed by atoms with Crippen molar-refractivity contribution in [2.75, 3.05) is 0 Å². The molecule has 0 aliphatic rings. The average Bonchev–Trinajstić information content (AvgIpc) is 2.39. The molecule has 0 saturated heterocycles. The van der Waals surface area contributed by atoms with Crippen molar-refractivity contribution in [2.45, 2.75) is 39.5 Å². The van der Waals surface area contributed by atoms with Gasteiger partial charge in [-0.05, 0) is 36.1 Å². The van der Waals surface area contributed by atoms with E-state index in [2.05, 4.69) is 61.9 Å². The molecule has 0 fully saturated rings. The number of nitrogens with zero attached hydrogens (tertiary/aromatic N) is 2. The van der Waals surface area contributed by atoms with Crippen LogP contribution in [0.2, 0.25) is 0 Å². The van der Waals surface area contributed by atoms with Crippen LogP contribution in [0.1, 0.15) is 50.9 Å². The van der Waals surface area contributed by atoms with Crippen molar-refractivity contribution in [1.29, 1.82) is 0 Å². The molecule has 0 saturated carbocycles. The topological polar surface area (TPSA) is 25.8 Å². The van der Waals surface area contributed by atoms with Crippen LogP contribution in [0.4, 0.5) is 0 Å². The lowest BCUT2D eigenvalue weighted by Gasteiger charge is -2.09. The molecule has 18 heavy (non-hydrogen) atoms. The molecule has 2 rings (SSSR count). The van der Waals surface area contributed by atoms with E-state index in [-0.39, 0.29) is 0 Å². The molecule has 2 aromatic rings. The first-order valence-electron chi connectivity index (χ1n) is 6.52. The lowest BCUT2D eigenvalue weighted by molar-refractivity contribution is 0.815. The normalized spacial score (nSPS) is 11.2. The zero-order valence-electron chi connectivity index (χ0n) is 11.5. The van der Waals surface area contributed by atoms with Crippen LogP contribution in [0.3, 0.4) is 0 Å². The molecule has 0 unspecified atom stereocenters. The summed E-state index contributed by atoms with van der Waals surface area (Å²) in [5.41, 5.74) is 4.15. The predicted molar refractivity (Wildman–Crippen MR) is 75.6 cm³/mol. The van der Waals surface area contributed by atoms with Crippen molar-refractivity contribution in [3.8, 4) is 11.4 Å². The van der Waals surface area contributed by atoms with Crippen molar-refractivity contribution in [1.82, 2.24) is 9.97 Å². The van der Waals surface area contributed by atoms with Crippen molar-refractivity contribution in [3.63, 3.8) is 0 Å². The van der Waals surface area contributed by atoms with Crippen molar-refractivity contribution < 1.29 is 0 Å². The van der Waals surface area contributed by atoms with E-state index in [0.29, 0.717) is 11.8 Å². The zero-order valence-corrected chi connectivity index (χ0v) is 11.5. The van der Waals surface area contributed by atoms with Crippen LogP contribution in [-0.2, 0) is 0 Å². The Balaban J connectivity index is 2.42. The Labute approximate surface area is 109 Å². The Morgan fingerprint density at radius 2 is 1.06 bits per heavy atom. The van der Waals surface area contributed by atoms with Gasteiger partial charge in [0.05, 0.1) is 11.4 Å². The third-order valence-corrected chi connectivity index (χ3v) is 2.99. The minimum atomic E-state index is 0.443. The SMILES string of the molecule is CC(C)c1cccc(-c2cccc(C(C)C)n2)n1. The molecule has 0 atom stereocenters. The highest BCUT2D eigenvalue weighted by atomic mass is 14.8.